The smallest absolute Gasteiger partial charge is 0.229 e. The summed E-state index contributed by atoms with van der Waals surface area (Å²) < 4.78 is 11.9. The van der Waals surface area contributed by atoms with E-state index < -0.39 is 0 Å². The molecule has 8 nitrogen and oxygen atoms in total. The molecule has 1 N–H and O–H groups in total. The second-order valence-electron chi connectivity index (χ2n) is 5.04. The molecule has 116 valence electrons. The number of anilines is 1. The van der Waals surface area contributed by atoms with Crippen LogP contribution in [0.1, 0.15) is 23.1 Å². The van der Waals surface area contributed by atoms with E-state index in [0.717, 1.165) is 22.9 Å². The Labute approximate surface area is 127 Å². The third kappa shape index (κ3) is 3.06. The lowest BCUT2D eigenvalue weighted by molar-refractivity contribution is 0.192. The normalized spacial score (nSPS) is 11.2. The van der Waals surface area contributed by atoms with Crippen LogP contribution >= 0.6 is 0 Å². The van der Waals surface area contributed by atoms with Crippen molar-refractivity contribution >= 4 is 11.5 Å². The van der Waals surface area contributed by atoms with E-state index in [9.17, 15) is 0 Å². The van der Waals surface area contributed by atoms with Crippen LogP contribution in [0, 0.1) is 13.8 Å². The molecular weight excluding hydrogens is 284 g/mol. The topological polar surface area (TPSA) is 90.4 Å². The van der Waals surface area contributed by atoms with Crippen molar-refractivity contribution in [3.8, 4) is 0 Å². The lowest BCUT2D eigenvalue weighted by Crippen LogP contribution is -2.08. The highest BCUT2D eigenvalue weighted by Gasteiger charge is 2.09. The minimum Gasteiger partial charge on any atom is -0.384 e. The highest BCUT2D eigenvalue weighted by molar-refractivity contribution is 5.50. The summed E-state index contributed by atoms with van der Waals surface area (Å²) in [7, 11) is 1.64. The molecule has 0 aliphatic rings. The zero-order valence-electron chi connectivity index (χ0n) is 12.8. The zero-order valence-corrected chi connectivity index (χ0v) is 12.8. The molecule has 0 aromatic carbocycles. The molecule has 22 heavy (non-hydrogen) atoms. The van der Waals surface area contributed by atoms with E-state index in [2.05, 4.69) is 25.5 Å². The maximum atomic E-state index is 5.15. The molecule has 0 unspecified atom stereocenters. The van der Waals surface area contributed by atoms with Gasteiger partial charge >= 0.3 is 0 Å². The molecule has 0 aliphatic heterocycles. The third-order valence-corrected chi connectivity index (χ3v) is 3.14. The fraction of sp³-hybridized carbons (Fsp3) is 0.429. The molecule has 0 bridgehead atoms. The average Bonchev–Trinajstić information content (AvgIpc) is 3.08. The molecule has 0 spiro atoms. The van der Waals surface area contributed by atoms with Crippen molar-refractivity contribution in [1.82, 2.24) is 24.7 Å². The molecule has 8 heteroatoms. The van der Waals surface area contributed by atoms with Crippen molar-refractivity contribution in [3.05, 3.63) is 35.2 Å². The molecular formula is C14H18N6O2. The van der Waals surface area contributed by atoms with Crippen LogP contribution in [-0.4, -0.2) is 38.5 Å². The number of rotatable bonds is 6. The predicted octanol–water partition coefficient (Wildman–Crippen LogP) is 1.53. The van der Waals surface area contributed by atoms with E-state index in [0.29, 0.717) is 31.3 Å². The highest BCUT2D eigenvalue weighted by atomic mass is 16.5. The highest BCUT2D eigenvalue weighted by Crippen LogP contribution is 2.14. The largest absolute Gasteiger partial charge is 0.384 e. The van der Waals surface area contributed by atoms with Crippen molar-refractivity contribution in [3.63, 3.8) is 0 Å². The Morgan fingerprint density at radius 1 is 1.23 bits per heavy atom. The number of aryl methyl sites for hydroxylation is 2. The van der Waals surface area contributed by atoms with Crippen LogP contribution in [0.3, 0.4) is 0 Å². The van der Waals surface area contributed by atoms with Gasteiger partial charge in [-0.2, -0.15) is 14.6 Å². The van der Waals surface area contributed by atoms with Crippen LogP contribution < -0.4 is 5.32 Å². The molecule has 0 fully saturated rings. The number of nitrogens with zero attached hydrogens (tertiary/aromatic N) is 5. The van der Waals surface area contributed by atoms with E-state index in [4.69, 9.17) is 9.26 Å². The summed E-state index contributed by atoms with van der Waals surface area (Å²) in [5.74, 6) is 2.01. The molecule has 0 saturated carbocycles. The number of methoxy groups -OCH3 is 1. The lowest BCUT2D eigenvalue weighted by Gasteiger charge is -2.07. The first-order chi connectivity index (χ1) is 10.7. The summed E-state index contributed by atoms with van der Waals surface area (Å²) in [5.41, 5.74) is 2.65. The Kier molecular flexibility index (Phi) is 4.01. The first-order valence-electron chi connectivity index (χ1n) is 7.04. The molecule has 0 radical (unpaired) electrons. The van der Waals surface area contributed by atoms with Gasteiger partial charge in [0.15, 0.2) is 11.5 Å². The van der Waals surface area contributed by atoms with Gasteiger partial charge in [-0.25, -0.2) is 4.98 Å². The van der Waals surface area contributed by atoms with Crippen LogP contribution in [0.2, 0.25) is 0 Å². The van der Waals surface area contributed by atoms with Gasteiger partial charge in [-0.05, 0) is 13.8 Å². The maximum Gasteiger partial charge on any atom is 0.229 e. The summed E-state index contributed by atoms with van der Waals surface area (Å²) in [6.45, 7) is 4.90. The van der Waals surface area contributed by atoms with Gasteiger partial charge in [-0.15, -0.1) is 0 Å². The van der Waals surface area contributed by atoms with Gasteiger partial charge in [-0.1, -0.05) is 5.16 Å². The minimum atomic E-state index is 0.452. The third-order valence-electron chi connectivity index (χ3n) is 3.14. The number of ether oxygens (including phenoxy) is 1. The first kappa shape index (κ1) is 14.5. The summed E-state index contributed by atoms with van der Waals surface area (Å²) in [6, 6.07) is 3.88. The second kappa shape index (κ2) is 6.10. The van der Waals surface area contributed by atoms with Gasteiger partial charge in [0.1, 0.15) is 5.82 Å². The minimum absolute atomic E-state index is 0.452. The Bertz CT molecular complexity index is 779. The van der Waals surface area contributed by atoms with Crippen LogP contribution in [-0.2, 0) is 17.7 Å². The first-order valence-corrected chi connectivity index (χ1v) is 7.04. The van der Waals surface area contributed by atoms with Crippen molar-refractivity contribution in [2.45, 2.75) is 26.8 Å². The van der Waals surface area contributed by atoms with Crippen LogP contribution in [0.25, 0.3) is 5.65 Å². The lowest BCUT2D eigenvalue weighted by atomic mass is 10.4. The fourth-order valence-corrected chi connectivity index (χ4v) is 2.16. The Balaban J connectivity index is 1.74. The monoisotopic (exact) mass is 302 g/mol. The van der Waals surface area contributed by atoms with E-state index in [1.807, 2.05) is 26.0 Å². The Morgan fingerprint density at radius 2 is 2.09 bits per heavy atom. The van der Waals surface area contributed by atoms with Gasteiger partial charge in [0.2, 0.25) is 5.89 Å². The van der Waals surface area contributed by atoms with Crippen LogP contribution in [0.15, 0.2) is 16.7 Å². The molecule has 0 amide bonds. The number of fused-ring (bicyclic) bond motifs is 1. The van der Waals surface area contributed by atoms with Crippen molar-refractivity contribution < 1.29 is 9.26 Å². The number of hydrogen-bond acceptors (Lipinski definition) is 7. The van der Waals surface area contributed by atoms with Crippen LogP contribution in [0.4, 0.5) is 5.82 Å². The summed E-state index contributed by atoms with van der Waals surface area (Å²) in [4.78, 5) is 8.75. The summed E-state index contributed by atoms with van der Waals surface area (Å²) >= 11 is 0. The van der Waals surface area contributed by atoms with E-state index in [1.54, 1.807) is 11.6 Å². The standard InChI is InChI=1S/C14H18N6O2/c1-9-6-12(20-13(16-9)7-10(2)18-20)15-8-11-17-14(22-19-11)4-5-21-3/h6-7,15H,4-5,8H2,1-3H3. The molecule has 3 rings (SSSR count). The molecule has 0 saturated heterocycles. The van der Waals surface area contributed by atoms with Crippen molar-refractivity contribution in [1.29, 1.82) is 0 Å². The Hall–Kier alpha value is -2.48. The Morgan fingerprint density at radius 3 is 2.91 bits per heavy atom. The van der Waals surface area contributed by atoms with Gasteiger partial charge < -0.3 is 14.6 Å². The van der Waals surface area contributed by atoms with Gasteiger partial charge in [0, 0.05) is 24.9 Å². The molecule has 0 aliphatic carbocycles. The van der Waals surface area contributed by atoms with Gasteiger partial charge in [-0.3, -0.25) is 0 Å². The van der Waals surface area contributed by atoms with Gasteiger partial charge in [0.25, 0.3) is 0 Å². The number of aromatic nitrogens is 5. The van der Waals surface area contributed by atoms with Crippen LogP contribution in [0.5, 0.6) is 0 Å². The molecule has 3 aromatic rings. The SMILES string of the molecule is COCCc1nc(CNc2cc(C)nc3cc(C)nn23)no1. The van der Waals surface area contributed by atoms with E-state index in [-0.39, 0.29) is 0 Å². The molecule has 3 aromatic heterocycles. The number of hydrogen-bond donors (Lipinski definition) is 1. The number of nitrogens with one attached hydrogen (secondary N) is 1. The van der Waals surface area contributed by atoms with Crippen molar-refractivity contribution in [2.24, 2.45) is 0 Å². The zero-order chi connectivity index (χ0) is 15.5. The van der Waals surface area contributed by atoms with Gasteiger partial charge in [0.05, 0.1) is 25.3 Å². The summed E-state index contributed by atoms with van der Waals surface area (Å²) in [5, 5.41) is 11.6. The maximum absolute atomic E-state index is 5.15. The van der Waals surface area contributed by atoms with E-state index >= 15 is 0 Å². The second-order valence-corrected chi connectivity index (χ2v) is 5.04. The molecule has 3 heterocycles. The quantitative estimate of drug-likeness (QED) is 0.738. The predicted molar refractivity (Wildman–Crippen MR) is 79.7 cm³/mol. The van der Waals surface area contributed by atoms with E-state index in [1.165, 1.54) is 0 Å². The average molecular weight is 302 g/mol. The fourth-order valence-electron chi connectivity index (χ4n) is 2.16. The molecule has 0 atom stereocenters. The van der Waals surface area contributed by atoms with Crippen molar-refractivity contribution in [2.75, 3.05) is 19.0 Å². The summed E-state index contributed by atoms with van der Waals surface area (Å²) in [6.07, 6.45) is 0.612.